The van der Waals surface area contributed by atoms with E-state index in [1.165, 1.54) is 30.0 Å². The zero-order chi connectivity index (χ0) is 34.2. The molecule has 0 bridgehead atoms. The number of nitrogens with zero attached hydrogens (tertiary/aromatic N) is 2. The minimum Gasteiger partial charge on any atom is -0.337 e. The molecule has 1 aliphatic heterocycles. The standard InChI is InChI=1S/C37H35N5O4S2/c1-4-32(36(46)41-37-30(21-38)29-16-17-42(24(3)43)22-33(29)48-37)47-28-15-9-14-27(20-28)39-35(45)31(19-25-11-8-10-23(2)18-25)40-34(44)26-12-6-5-7-13-26/h5-15,18-20,32H,4,16-17,22H2,1-3H3,(H,39,45)(H,40,44)(H,41,46)/b31-19+. The van der Waals surface area contributed by atoms with Gasteiger partial charge in [0.1, 0.15) is 16.8 Å². The first-order valence-electron chi connectivity index (χ1n) is 15.5. The van der Waals surface area contributed by atoms with Gasteiger partial charge < -0.3 is 20.9 Å². The molecule has 244 valence electrons. The number of hydrogen-bond donors (Lipinski definition) is 3. The van der Waals surface area contributed by atoms with Gasteiger partial charge >= 0.3 is 0 Å². The molecule has 3 N–H and O–H groups in total. The lowest BCUT2D eigenvalue weighted by Gasteiger charge is -2.25. The number of fused-ring (bicyclic) bond motifs is 1. The van der Waals surface area contributed by atoms with Crippen LogP contribution in [0.1, 0.15) is 57.8 Å². The van der Waals surface area contributed by atoms with E-state index in [2.05, 4.69) is 22.0 Å². The minimum atomic E-state index is -0.498. The van der Waals surface area contributed by atoms with Crippen LogP contribution in [0.15, 0.2) is 89.5 Å². The number of aryl methyl sites for hydroxylation is 1. The van der Waals surface area contributed by atoms with Crippen LogP contribution in [0.5, 0.6) is 0 Å². The van der Waals surface area contributed by atoms with Crippen LogP contribution in [0.4, 0.5) is 10.7 Å². The Morgan fingerprint density at radius 3 is 2.50 bits per heavy atom. The number of thioether (sulfide) groups is 1. The molecule has 4 aromatic rings. The van der Waals surface area contributed by atoms with Gasteiger partial charge in [-0.3, -0.25) is 19.2 Å². The summed E-state index contributed by atoms with van der Waals surface area (Å²) in [5, 5.41) is 18.5. The monoisotopic (exact) mass is 677 g/mol. The summed E-state index contributed by atoms with van der Waals surface area (Å²) in [5.41, 5.74) is 4.13. The van der Waals surface area contributed by atoms with Gasteiger partial charge in [-0.15, -0.1) is 23.1 Å². The van der Waals surface area contributed by atoms with Crippen molar-refractivity contribution < 1.29 is 19.2 Å². The SMILES string of the molecule is CCC(Sc1cccc(NC(=O)/C(=C\c2cccc(C)c2)NC(=O)c2ccccc2)c1)C(=O)Nc1sc2c(c1C#N)CCN(C(C)=O)C2. The fourth-order valence-electron chi connectivity index (χ4n) is 5.27. The molecule has 1 aromatic heterocycles. The molecule has 1 aliphatic rings. The minimum absolute atomic E-state index is 0.0190. The van der Waals surface area contributed by atoms with Gasteiger partial charge in [-0.05, 0) is 67.3 Å². The Morgan fingerprint density at radius 2 is 1.79 bits per heavy atom. The number of benzene rings is 3. The summed E-state index contributed by atoms with van der Waals surface area (Å²) in [6, 6.07) is 25.7. The maximum Gasteiger partial charge on any atom is 0.272 e. The van der Waals surface area contributed by atoms with Gasteiger partial charge in [0.15, 0.2) is 0 Å². The van der Waals surface area contributed by atoms with Crippen molar-refractivity contribution in [3.63, 3.8) is 0 Å². The summed E-state index contributed by atoms with van der Waals surface area (Å²) >= 11 is 2.70. The lowest BCUT2D eigenvalue weighted by Crippen LogP contribution is -2.33. The molecule has 0 spiro atoms. The highest BCUT2D eigenvalue weighted by Gasteiger charge is 2.28. The van der Waals surface area contributed by atoms with Crippen molar-refractivity contribution in [3.05, 3.63) is 117 Å². The number of nitriles is 1. The molecule has 0 saturated heterocycles. The van der Waals surface area contributed by atoms with E-state index >= 15 is 0 Å². The van der Waals surface area contributed by atoms with Crippen LogP contribution in [-0.2, 0) is 27.3 Å². The number of hydrogen-bond acceptors (Lipinski definition) is 7. The van der Waals surface area contributed by atoms with E-state index < -0.39 is 17.1 Å². The zero-order valence-electron chi connectivity index (χ0n) is 26.8. The predicted octanol–water partition coefficient (Wildman–Crippen LogP) is 6.75. The molecule has 0 aliphatic carbocycles. The van der Waals surface area contributed by atoms with Gasteiger partial charge in [-0.2, -0.15) is 5.26 Å². The summed E-state index contributed by atoms with van der Waals surface area (Å²) in [6.07, 6.45) is 2.73. The summed E-state index contributed by atoms with van der Waals surface area (Å²) in [4.78, 5) is 55.3. The quantitative estimate of drug-likeness (QED) is 0.126. The van der Waals surface area contributed by atoms with Crippen molar-refractivity contribution in [3.8, 4) is 6.07 Å². The van der Waals surface area contributed by atoms with Crippen molar-refractivity contribution in [2.45, 2.75) is 50.3 Å². The van der Waals surface area contributed by atoms with E-state index in [0.717, 1.165) is 26.5 Å². The topological polar surface area (TPSA) is 131 Å². The molecule has 5 rings (SSSR count). The molecule has 4 amide bonds. The largest absolute Gasteiger partial charge is 0.337 e. The first-order valence-corrected chi connectivity index (χ1v) is 17.2. The van der Waals surface area contributed by atoms with Crippen LogP contribution in [0.3, 0.4) is 0 Å². The first-order chi connectivity index (χ1) is 23.1. The van der Waals surface area contributed by atoms with E-state index in [1.807, 2.05) is 50.2 Å². The highest BCUT2D eigenvalue weighted by atomic mass is 32.2. The highest BCUT2D eigenvalue weighted by Crippen LogP contribution is 2.37. The van der Waals surface area contributed by atoms with Crippen LogP contribution in [0, 0.1) is 18.3 Å². The maximum absolute atomic E-state index is 13.6. The maximum atomic E-state index is 13.6. The Morgan fingerprint density at radius 1 is 1.02 bits per heavy atom. The number of thiophene rings is 1. The van der Waals surface area contributed by atoms with E-state index in [1.54, 1.807) is 53.4 Å². The van der Waals surface area contributed by atoms with Gasteiger partial charge in [0.05, 0.1) is 17.4 Å². The van der Waals surface area contributed by atoms with Gasteiger partial charge in [0.2, 0.25) is 11.8 Å². The molecule has 1 atom stereocenters. The summed E-state index contributed by atoms with van der Waals surface area (Å²) in [5.74, 6) is -1.16. The molecule has 0 saturated carbocycles. The molecular weight excluding hydrogens is 643 g/mol. The fourth-order valence-corrected chi connectivity index (χ4v) is 7.50. The molecule has 48 heavy (non-hydrogen) atoms. The molecule has 0 fully saturated rings. The van der Waals surface area contributed by atoms with Crippen LogP contribution < -0.4 is 16.0 Å². The highest BCUT2D eigenvalue weighted by molar-refractivity contribution is 8.00. The van der Waals surface area contributed by atoms with E-state index in [9.17, 15) is 24.4 Å². The molecule has 11 heteroatoms. The zero-order valence-corrected chi connectivity index (χ0v) is 28.5. The Balaban J connectivity index is 1.30. The third-order valence-corrected chi connectivity index (χ3v) is 10.3. The molecule has 0 radical (unpaired) electrons. The fraction of sp³-hybridized carbons (Fsp3) is 0.216. The lowest BCUT2D eigenvalue weighted by atomic mass is 10.0. The van der Waals surface area contributed by atoms with Gasteiger partial charge in [0, 0.05) is 34.5 Å². The Labute approximate surface area is 288 Å². The first kappa shape index (κ1) is 34.2. The third-order valence-electron chi connectivity index (χ3n) is 7.77. The molecule has 1 unspecified atom stereocenters. The number of nitrogens with one attached hydrogen (secondary N) is 3. The smallest absolute Gasteiger partial charge is 0.272 e. The second-order valence-electron chi connectivity index (χ2n) is 11.3. The molecule has 9 nitrogen and oxygen atoms in total. The van der Waals surface area contributed by atoms with E-state index in [0.29, 0.717) is 47.7 Å². The lowest BCUT2D eigenvalue weighted by molar-refractivity contribution is -0.129. The number of carbonyl (C=O) groups excluding carboxylic acids is 4. The average Bonchev–Trinajstić information content (AvgIpc) is 3.43. The Bertz CT molecular complexity index is 1930. The predicted molar refractivity (Wildman–Crippen MR) is 191 cm³/mol. The van der Waals surface area contributed by atoms with Crippen molar-refractivity contribution in [2.75, 3.05) is 17.2 Å². The second kappa shape index (κ2) is 15.6. The Hall–Kier alpha value is -5.18. The number of anilines is 2. The van der Waals surface area contributed by atoms with Crippen molar-refractivity contribution >= 4 is 63.5 Å². The van der Waals surface area contributed by atoms with E-state index in [-0.39, 0.29) is 17.5 Å². The Kier molecular flexibility index (Phi) is 11.1. The molecule has 2 heterocycles. The third kappa shape index (κ3) is 8.39. The molecular formula is C37H35N5O4S2. The summed E-state index contributed by atoms with van der Waals surface area (Å²) in [6.45, 7) is 6.37. The summed E-state index contributed by atoms with van der Waals surface area (Å²) < 4.78 is 0. The van der Waals surface area contributed by atoms with Crippen LogP contribution in [0.25, 0.3) is 6.08 Å². The summed E-state index contributed by atoms with van der Waals surface area (Å²) in [7, 11) is 0. The van der Waals surface area contributed by atoms with Crippen LogP contribution >= 0.6 is 23.1 Å². The van der Waals surface area contributed by atoms with Gasteiger partial charge in [-0.1, -0.05) is 61.0 Å². The molecule has 3 aromatic carbocycles. The normalized spacial score (nSPS) is 13.1. The second-order valence-corrected chi connectivity index (χ2v) is 13.7. The average molecular weight is 678 g/mol. The van der Waals surface area contributed by atoms with Crippen LogP contribution in [0.2, 0.25) is 0 Å². The van der Waals surface area contributed by atoms with Gasteiger partial charge in [0.25, 0.3) is 11.8 Å². The number of carbonyl (C=O) groups is 4. The van der Waals surface area contributed by atoms with Crippen molar-refractivity contribution in [1.29, 1.82) is 5.26 Å². The van der Waals surface area contributed by atoms with Crippen molar-refractivity contribution in [2.24, 2.45) is 0 Å². The van der Waals surface area contributed by atoms with Crippen molar-refractivity contribution in [1.82, 2.24) is 10.2 Å². The van der Waals surface area contributed by atoms with Gasteiger partial charge in [-0.25, -0.2) is 0 Å². The number of amides is 4. The van der Waals surface area contributed by atoms with Crippen LogP contribution in [-0.4, -0.2) is 40.3 Å². The van der Waals surface area contributed by atoms with E-state index in [4.69, 9.17) is 0 Å². The number of rotatable bonds is 10.